The van der Waals surface area contributed by atoms with E-state index in [1.54, 1.807) is 24.3 Å². The topological polar surface area (TPSA) is 128 Å². The van der Waals surface area contributed by atoms with Gasteiger partial charge in [0.1, 0.15) is 12.2 Å². The van der Waals surface area contributed by atoms with Crippen molar-refractivity contribution >= 4 is 17.6 Å². The summed E-state index contributed by atoms with van der Waals surface area (Å²) in [5, 5.41) is 28.9. The second-order valence-electron chi connectivity index (χ2n) is 5.03. The summed E-state index contributed by atoms with van der Waals surface area (Å²) in [6.07, 6.45) is -5.68. The predicted octanol–water partition coefficient (Wildman–Crippen LogP) is -1.08. The minimum Gasteiger partial charge on any atom is -0.457 e. The summed E-state index contributed by atoms with van der Waals surface area (Å²) < 4.78 is 4.72. The molecule has 2 rings (SSSR count). The third-order valence-corrected chi connectivity index (χ3v) is 3.28. The lowest BCUT2D eigenvalue weighted by molar-refractivity contribution is -0.153. The van der Waals surface area contributed by atoms with Gasteiger partial charge in [0, 0.05) is 6.42 Å². The monoisotopic (exact) mass is 310 g/mol. The van der Waals surface area contributed by atoms with Crippen LogP contribution < -0.4 is 10.9 Å². The van der Waals surface area contributed by atoms with Crippen LogP contribution in [0.15, 0.2) is 30.3 Å². The van der Waals surface area contributed by atoms with Crippen LogP contribution in [0.3, 0.4) is 0 Å². The fourth-order valence-corrected chi connectivity index (χ4v) is 2.07. The van der Waals surface area contributed by atoms with Crippen LogP contribution in [0.25, 0.3) is 0 Å². The van der Waals surface area contributed by atoms with Crippen molar-refractivity contribution in [3.63, 3.8) is 0 Å². The van der Waals surface area contributed by atoms with Crippen molar-refractivity contribution in [2.24, 2.45) is 0 Å². The van der Waals surface area contributed by atoms with Gasteiger partial charge in [-0.15, -0.1) is 0 Å². The van der Waals surface area contributed by atoms with Gasteiger partial charge in [0.15, 0.2) is 6.10 Å². The molecule has 8 heteroatoms. The number of nitrogens with one attached hydrogen (secondary N) is 2. The van der Waals surface area contributed by atoms with E-state index in [0.717, 1.165) is 0 Å². The molecular formula is C14H18N2O6. The maximum Gasteiger partial charge on any atom is 0.335 e. The molecule has 0 bridgehead atoms. The maximum atomic E-state index is 11.7. The molecule has 4 atom stereocenters. The Hall–Kier alpha value is -2.16. The Kier molecular flexibility index (Phi) is 5.31. The van der Waals surface area contributed by atoms with Crippen LogP contribution in [-0.2, 0) is 14.3 Å². The molecular weight excluding hydrogens is 292 g/mol. The number of aliphatic hydroxyl groups excluding tert-OH is 3. The number of rotatable bonds is 6. The molecule has 22 heavy (non-hydrogen) atoms. The smallest absolute Gasteiger partial charge is 0.335 e. The Bertz CT molecular complexity index is 523. The van der Waals surface area contributed by atoms with Gasteiger partial charge in [-0.2, -0.15) is 0 Å². The molecule has 1 saturated heterocycles. The summed E-state index contributed by atoms with van der Waals surface area (Å²) in [6.45, 7) is 0. The Balaban J connectivity index is 1.77. The van der Waals surface area contributed by atoms with E-state index < -0.39 is 36.3 Å². The molecule has 1 aromatic carbocycles. The fraction of sp³-hybridized carbons (Fsp3) is 0.429. The summed E-state index contributed by atoms with van der Waals surface area (Å²) >= 11 is 0. The van der Waals surface area contributed by atoms with E-state index in [-0.39, 0.29) is 12.8 Å². The van der Waals surface area contributed by atoms with Gasteiger partial charge in [-0.05, 0) is 12.1 Å². The number of para-hydroxylation sites is 1. The zero-order valence-corrected chi connectivity index (χ0v) is 11.7. The summed E-state index contributed by atoms with van der Waals surface area (Å²) in [7, 11) is 0. The number of hydrogen-bond acceptors (Lipinski definition) is 7. The summed E-state index contributed by atoms with van der Waals surface area (Å²) in [5.74, 6) is -1.38. The zero-order valence-electron chi connectivity index (χ0n) is 11.7. The average molecular weight is 310 g/mol. The lowest BCUT2D eigenvalue weighted by atomic mass is 10.0. The Morgan fingerprint density at radius 3 is 2.59 bits per heavy atom. The van der Waals surface area contributed by atoms with Crippen molar-refractivity contribution < 1.29 is 29.6 Å². The number of carbonyl (C=O) groups is 2. The molecule has 1 aromatic rings. The van der Waals surface area contributed by atoms with Crippen molar-refractivity contribution in [3.05, 3.63) is 30.3 Å². The number of benzene rings is 1. The molecule has 5 N–H and O–H groups in total. The average Bonchev–Trinajstić information content (AvgIpc) is 2.85. The van der Waals surface area contributed by atoms with Gasteiger partial charge in [0.25, 0.3) is 0 Å². The molecule has 120 valence electrons. The first-order chi connectivity index (χ1) is 10.5. The number of esters is 1. The highest BCUT2D eigenvalue weighted by atomic mass is 16.6. The number of amides is 1. The summed E-state index contributed by atoms with van der Waals surface area (Å²) in [4.78, 5) is 22.7. The summed E-state index contributed by atoms with van der Waals surface area (Å²) in [5.41, 5.74) is 5.70. The Labute approximate surface area is 126 Å². The number of hydrogen-bond donors (Lipinski definition) is 5. The van der Waals surface area contributed by atoms with Crippen LogP contribution in [-0.4, -0.2) is 51.6 Å². The highest BCUT2D eigenvalue weighted by molar-refractivity contribution is 5.78. The minimum absolute atomic E-state index is 0.110. The van der Waals surface area contributed by atoms with Crippen LogP contribution >= 0.6 is 0 Å². The van der Waals surface area contributed by atoms with Gasteiger partial charge < -0.3 is 20.1 Å². The van der Waals surface area contributed by atoms with E-state index in [1.165, 1.54) is 0 Å². The number of ether oxygens (including phenoxy) is 1. The van der Waals surface area contributed by atoms with Crippen molar-refractivity contribution in [2.75, 3.05) is 5.43 Å². The van der Waals surface area contributed by atoms with E-state index in [1.807, 2.05) is 6.07 Å². The second kappa shape index (κ2) is 7.21. The largest absolute Gasteiger partial charge is 0.457 e. The molecule has 8 nitrogen and oxygen atoms in total. The van der Waals surface area contributed by atoms with Crippen LogP contribution in [0.4, 0.5) is 5.69 Å². The number of hydrazine groups is 1. The normalized spacial score (nSPS) is 23.5. The first-order valence-corrected chi connectivity index (χ1v) is 6.82. The van der Waals surface area contributed by atoms with Gasteiger partial charge in [0.05, 0.1) is 18.2 Å². The van der Waals surface area contributed by atoms with Crippen molar-refractivity contribution in [3.8, 4) is 0 Å². The molecule has 1 aliphatic rings. The minimum atomic E-state index is -1.44. The lowest BCUT2D eigenvalue weighted by Crippen LogP contribution is -2.41. The number of carbonyl (C=O) groups excluding carboxylic acids is 2. The molecule has 1 aliphatic heterocycles. The lowest BCUT2D eigenvalue weighted by Gasteiger charge is -2.22. The first kappa shape index (κ1) is 16.2. The number of aliphatic hydroxyl groups is 3. The third-order valence-electron chi connectivity index (χ3n) is 3.28. The molecule has 0 unspecified atom stereocenters. The molecule has 1 fully saturated rings. The van der Waals surface area contributed by atoms with E-state index in [9.17, 15) is 24.9 Å². The predicted molar refractivity (Wildman–Crippen MR) is 75.3 cm³/mol. The van der Waals surface area contributed by atoms with Crippen LogP contribution in [0.2, 0.25) is 0 Å². The van der Waals surface area contributed by atoms with Gasteiger partial charge in [-0.3, -0.25) is 15.6 Å². The van der Waals surface area contributed by atoms with E-state index >= 15 is 0 Å². The number of anilines is 1. The second-order valence-corrected chi connectivity index (χ2v) is 5.03. The third kappa shape index (κ3) is 4.17. The Morgan fingerprint density at radius 1 is 1.32 bits per heavy atom. The SMILES string of the molecule is O=C(C[C@H](O)[C@@H](O)[C@H]1C[C@H](O)C(=O)O1)NNc1ccccc1. The van der Waals surface area contributed by atoms with Crippen molar-refractivity contribution in [2.45, 2.75) is 37.3 Å². The van der Waals surface area contributed by atoms with Gasteiger partial charge in [0.2, 0.25) is 5.91 Å². The highest BCUT2D eigenvalue weighted by Gasteiger charge is 2.40. The van der Waals surface area contributed by atoms with Crippen LogP contribution in [0.1, 0.15) is 12.8 Å². The zero-order chi connectivity index (χ0) is 16.1. The molecule has 0 radical (unpaired) electrons. The van der Waals surface area contributed by atoms with Crippen molar-refractivity contribution in [1.29, 1.82) is 0 Å². The molecule has 1 heterocycles. The van der Waals surface area contributed by atoms with E-state index in [0.29, 0.717) is 5.69 Å². The quantitative estimate of drug-likeness (QED) is 0.334. The van der Waals surface area contributed by atoms with Crippen LogP contribution in [0, 0.1) is 0 Å². The van der Waals surface area contributed by atoms with Gasteiger partial charge >= 0.3 is 5.97 Å². The van der Waals surface area contributed by atoms with Crippen LogP contribution in [0.5, 0.6) is 0 Å². The molecule has 0 aliphatic carbocycles. The van der Waals surface area contributed by atoms with Gasteiger partial charge in [-0.25, -0.2) is 4.79 Å². The maximum absolute atomic E-state index is 11.7. The standard InChI is InChI=1S/C14H18N2O6/c17-9(13(20)11-6-10(18)14(21)22-11)7-12(19)16-15-8-4-2-1-3-5-8/h1-5,9-11,13,15,17-18,20H,6-7H2,(H,16,19)/t9-,10-,11+,13+/m0/s1. The molecule has 0 spiro atoms. The number of cyclic esters (lactones) is 1. The van der Waals surface area contributed by atoms with E-state index in [4.69, 9.17) is 4.74 Å². The van der Waals surface area contributed by atoms with Crippen molar-refractivity contribution in [1.82, 2.24) is 5.43 Å². The molecule has 1 amide bonds. The Morgan fingerprint density at radius 2 is 2.00 bits per heavy atom. The molecule has 0 saturated carbocycles. The first-order valence-electron chi connectivity index (χ1n) is 6.82. The highest BCUT2D eigenvalue weighted by Crippen LogP contribution is 2.20. The molecule has 0 aromatic heterocycles. The van der Waals surface area contributed by atoms with Gasteiger partial charge in [-0.1, -0.05) is 18.2 Å². The van der Waals surface area contributed by atoms with E-state index in [2.05, 4.69) is 10.9 Å². The summed E-state index contributed by atoms with van der Waals surface area (Å²) in [6, 6.07) is 8.87. The fourth-order valence-electron chi connectivity index (χ4n) is 2.07.